The highest BCUT2D eigenvalue weighted by molar-refractivity contribution is 7.99. The molecule has 4 heteroatoms. The molecule has 4 aliphatic carbocycles. The number of hydrogen-bond acceptors (Lipinski definition) is 3. The van der Waals surface area contributed by atoms with Crippen molar-refractivity contribution in [1.82, 2.24) is 0 Å². The van der Waals surface area contributed by atoms with Crippen molar-refractivity contribution < 1.29 is 9.90 Å². The van der Waals surface area contributed by atoms with E-state index in [-0.39, 0.29) is 11.3 Å². The van der Waals surface area contributed by atoms with Crippen LogP contribution >= 0.6 is 23.4 Å². The topological polar surface area (TPSA) is 37.3 Å². The van der Waals surface area contributed by atoms with Crippen molar-refractivity contribution in [1.29, 1.82) is 0 Å². The number of hydrogen-bond donors (Lipinski definition) is 1. The van der Waals surface area contributed by atoms with Crippen LogP contribution in [0.4, 0.5) is 0 Å². The zero-order chi connectivity index (χ0) is 19.2. The summed E-state index contributed by atoms with van der Waals surface area (Å²) in [6, 6.07) is 0. The van der Waals surface area contributed by atoms with Crippen LogP contribution in [-0.4, -0.2) is 28.5 Å². The minimum Gasteiger partial charge on any atom is -0.377 e. The van der Waals surface area contributed by atoms with Gasteiger partial charge in [0.25, 0.3) is 0 Å². The highest BCUT2D eigenvalue weighted by atomic mass is 35.5. The average molecular weight is 407 g/mol. The highest BCUT2D eigenvalue weighted by Gasteiger charge is 2.57. The van der Waals surface area contributed by atoms with Crippen LogP contribution in [0, 0.1) is 46.3 Å². The van der Waals surface area contributed by atoms with Gasteiger partial charge in [-0.1, -0.05) is 24.5 Å². The maximum atomic E-state index is 12.7. The number of allylic oxidation sites excluding steroid dienone is 1. The van der Waals surface area contributed by atoms with Gasteiger partial charge in [-0.25, -0.2) is 0 Å². The smallest absolute Gasteiger partial charge is 0.146 e. The largest absolute Gasteiger partial charge is 0.377 e. The standard InChI is InChI=1S/C23H31ClO2S/c1-22-9-7-17-16-8-10-23(26,11-12-24)13-15(16)3-4-18(17)19(22)5-6-20(22)21(25)14-27-2/h3,16-20,26H,4-10,13-14H2,1-2H3/t16-,17+,18+,19-,20+,22-,23-/m0/s1. The number of fused-ring (bicyclic) bond motifs is 5. The Kier molecular flexibility index (Phi) is 5.47. The molecule has 2 nitrogen and oxygen atoms in total. The number of halogens is 1. The van der Waals surface area contributed by atoms with E-state index >= 15 is 0 Å². The Morgan fingerprint density at radius 1 is 1.30 bits per heavy atom. The Bertz CT molecular complexity index is 707. The Morgan fingerprint density at radius 3 is 2.85 bits per heavy atom. The molecule has 148 valence electrons. The van der Waals surface area contributed by atoms with Crippen LogP contribution in [0.25, 0.3) is 0 Å². The van der Waals surface area contributed by atoms with Crippen molar-refractivity contribution in [3.8, 4) is 11.3 Å². The molecule has 0 heterocycles. The summed E-state index contributed by atoms with van der Waals surface area (Å²) in [5, 5.41) is 13.1. The molecule has 3 saturated carbocycles. The lowest BCUT2D eigenvalue weighted by molar-refractivity contribution is -0.126. The first-order valence-electron chi connectivity index (χ1n) is 10.5. The molecule has 0 aromatic heterocycles. The van der Waals surface area contributed by atoms with Gasteiger partial charge in [0.1, 0.15) is 11.4 Å². The minimum absolute atomic E-state index is 0.207. The number of carbonyl (C=O) groups is 1. The normalized spacial score (nSPS) is 45.6. The van der Waals surface area contributed by atoms with Crippen molar-refractivity contribution in [2.75, 3.05) is 12.0 Å². The SMILES string of the molecule is CSCC(=O)[C@H]1CC[C@H]2[C@@H]3CC=C4C[C@@](O)(C#CCl)CC[C@@H]4[C@H]3CC[C@]12C. The van der Waals surface area contributed by atoms with E-state index in [9.17, 15) is 9.90 Å². The molecular formula is C23H31ClO2S. The summed E-state index contributed by atoms with van der Waals surface area (Å²) in [4.78, 5) is 12.7. The van der Waals surface area contributed by atoms with E-state index in [1.807, 2.05) is 6.26 Å². The van der Waals surface area contributed by atoms with Crippen molar-refractivity contribution in [2.24, 2.45) is 35.0 Å². The van der Waals surface area contributed by atoms with Crippen molar-refractivity contribution in [2.45, 2.75) is 63.9 Å². The third kappa shape index (κ3) is 3.30. The predicted molar refractivity (Wildman–Crippen MR) is 113 cm³/mol. The molecule has 0 radical (unpaired) electrons. The number of rotatable bonds is 3. The lowest BCUT2D eigenvalue weighted by Gasteiger charge is -2.54. The third-order valence-electron chi connectivity index (χ3n) is 8.46. The Labute approximate surface area is 172 Å². The van der Waals surface area contributed by atoms with Gasteiger partial charge >= 0.3 is 0 Å². The second-order valence-corrected chi connectivity index (χ2v) is 10.7. The molecule has 0 saturated heterocycles. The summed E-state index contributed by atoms with van der Waals surface area (Å²) in [6.07, 6.45) is 12.7. The molecule has 7 atom stereocenters. The van der Waals surface area contributed by atoms with Crippen LogP contribution < -0.4 is 0 Å². The summed E-state index contributed by atoms with van der Waals surface area (Å²) in [6.45, 7) is 2.42. The predicted octanol–water partition coefficient (Wildman–Crippen LogP) is 5.04. The summed E-state index contributed by atoms with van der Waals surface area (Å²) in [5.41, 5.74) is 0.697. The fraction of sp³-hybridized carbons (Fsp3) is 0.783. The maximum absolute atomic E-state index is 12.7. The van der Waals surface area contributed by atoms with Crippen LogP contribution in [0.5, 0.6) is 0 Å². The Morgan fingerprint density at radius 2 is 2.11 bits per heavy atom. The van der Waals surface area contributed by atoms with Gasteiger partial charge in [-0.05, 0) is 91.9 Å². The lowest BCUT2D eigenvalue weighted by atomic mass is 9.51. The van der Waals surface area contributed by atoms with E-state index in [1.165, 1.54) is 24.8 Å². The van der Waals surface area contributed by atoms with E-state index in [1.54, 1.807) is 11.8 Å². The monoisotopic (exact) mass is 406 g/mol. The molecule has 27 heavy (non-hydrogen) atoms. The van der Waals surface area contributed by atoms with Crippen LogP contribution in [0.1, 0.15) is 58.3 Å². The Balaban J connectivity index is 1.55. The maximum Gasteiger partial charge on any atom is 0.146 e. The number of thioether (sulfide) groups is 1. The van der Waals surface area contributed by atoms with E-state index in [2.05, 4.69) is 24.3 Å². The molecule has 0 aromatic carbocycles. The second kappa shape index (κ2) is 7.43. The number of Topliss-reactive ketones (excluding diaryl/α,β-unsaturated/α-hetero) is 1. The molecule has 3 fully saturated rings. The Hall–Kier alpha value is -0.430. The summed E-state index contributed by atoms with van der Waals surface area (Å²) in [7, 11) is 0. The summed E-state index contributed by atoms with van der Waals surface area (Å²) >= 11 is 7.25. The summed E-state index contributed by atoms with van der Waals surface area (Å²) in [5.74, 6) is 7.00. The molecule has 0 aromatic rings. The summed E-state index contributed by atoms with van der Waals surface area (Å²) < 4.78 is 0. The second-order valence-electron chi connectivity index (χ2n) is 9.60. The van der Waals surface area contributed by atoms with Crippen LogP contribution in [0.15, 0.2) is 11.6 Å². The number of ketones is 1. The van der Waals surface area contributed by atoms with Gasteiger partial charge in [-0.2, -0.15) is 11.8 Å². The van der Waals surface area contributed by atoms with Crippen LogP contribution in [0.3, 0.4) is 0 Å². The lowest BCUT2D eigenvalue weighted by Crippen LogP contribution is -2.48. The zero-order valence-electron chi connectivity index (χ0n) is 16.5. The number of aliphatic hydroxyl groups is 1. The molecule has 0 unspecified atom stereocenters. The fourth-order valence-electron chi connectivity index (χ4n) is 7.26. The highest BCUT2D eigenvalue weighted by Crippen LogP contribution is 2.63. The first-order chi connectivity index (χ1) is 12.9. The zero-order valence-corrected chi connectivity index (χ0v) is 18.0. The van der Waals surface area contributed by atoms with Gasteiger partial charge in [-0.15, -0.1) is 0 Å². The quantitative estimate of drug-likeness (QED) is 0.527. The van der Waals surface area contributed by atoms with Crippen molar-refractivity contribution >= 4 is 29.1 Å². The fourth-order valence-corrected chi connectivity index (χ4v) is 7.92. The van der Waals surface area contributed by atoms with Crippen LogP contribution in [-0.2, 0) is 4.79 Å². The van der Waals surface area contributed by atoms with Gasteiger partial charge in [-0.3, -0.25) is 4.79 Å². The molecule has 1 N–H and O–H groups in total. The third-order valence-corrected chi connectivity index (χ3v) is 9.13. The van der Waals surface area contributed by atoms with Crippen molar-refractivity contribution in [3.05, 3.63) is 11.6 Å². The molecule has 0 spiro atoms. The van der Waals surface area contributed by atoms with Crippen molar-refractivity contribution in [3.63, 3.8) is 0 Å². The van der Waals surface area contributed by atoms with E-state index in [0.29, 0.717) is 29.8 Å². The van der Waals surface area contributed by atoms with E-state index < -0.39 is 5.60 Å². The van der Waals surface area contributed by atoms with Crippen LogP contribution in [0.2, 0.25) is 0 Å². The van der Waals surface area contributed by atoms with Gasteiger partial charge in [0.2, 0.25) is 0 Å². The van der Waals surface area contributed by atoms with Gasteiger partial charge in [0, 0.05) is 17.7 Å². The molecule has 4 aliphatic rings. The molecule has 0 bridgehead atoms. The molecule has 4 rings (SSSR count). The van der Waals surface area contributed by atoms with Gasteiger partial charge < -0.3 is 5.11 Å². The minimum atomic E-state index is -0.928. The van der Waals surface area contributed by atoms with E-state index in [0.717, 1.165) is 37.5 Å². The molecule has 0 amide bonds. The first-order valence-corrected chi connectivity index (χ1v) is 12.2. The van der Waals surface area contributed by atoms with Gasteiger partial charge in [0.05, 0.1) is 5.75 Å². The van der Waals surface area contributed by atoms with Gasteiger partial charge in [0.15, 0.2) is 0 Å². The number of carbonyl (C=O) groups excluding carboxylic acids is 1. The molecular weight excluding hydrogens is 376 g/mol. The van der Waals surface area contributed by atoms with E-state index in [4.69, 9.17) is 11.6 Å². The molecule has 0 aliphatic heterocycles. The average Bonchev–Trinajstić information content (AvgIpc) is 2.98. The first kappa shape index (κ1) is 19.9.